The molecule has 1 amide bonds. The molecule has 0 aromatic carbocycles. The Labute approximate surface area is 158 Å². The van der Waals surface area contributed by atoms with Crippen molar-refractivity contribution < 1.29 is 14.7 Å². The fourth-order valence-corrected chi connectivity index (χ4v) is 2.91. The van der Waals surface area contributed by atoms with Gasteiger partial charge in [-0.25, -0.2) is 9.78 Å². The number of hydrogen-bond donors (Lipinski definition) is 2. The van der Waals surface area contributed by atoms with Crippen molar-refractivity contribution in [2.24, 2.45) is 5.92 Å². The summed E-state index contributed by atoms with van der Waals surface area (Å²) in [6.07, 6.45) is 5.94. The molecule has 0 unspecified atom stereocenters. The number of carboxylic acid groups (broad SMARTS) is 1. The van der Waals surface area contributed by atoms with Gasteiger partial charge < -0.3 is 10.4 Å². The summed E-state index contributed by atoms with van der Waals surface area (Å²) in [5.41, 5.74) is 1.08. The van der Waals surface area contributed by atoms with Crippen molar-refractivity contribution in [1.82, 2.24) is 19.6 Å². The van der Waals surface area contributed by atoms with Crippen molar-refractivity contribution in [3.05, 3.63) is 41.3 Å². The maximum absolute atomic E-state index is 11.9. The Bertz CT molecular complexity index is 1030. The monoisotopic (exact) mass is 386 g/mol. The SMILES string of the molecule is O=Cc1cnn2c(N(CC3CC3)C(=O)O)cc(Nc3ccncc3Cl)nc12. The number of anilines is 3. The maximum atomic E-state index is 11.9. The molecule has 1 aliphatic rings. The zero-order chi connectivity index (χ0) is 19.0. The predicted octanol–water partition coefficient (Wildman–Crippen LogP) is 3.23. The van der Waals surface area contributed by atoms with Crippen LogP contribution in [0.25, 0.3) is 5.65 Å². The van der Waals surface area contributed by atoms with Gasteiger partial charge >= 0.3 is 6.09 Å². The molecule has 4 rings (SSSR count). The molecule has 0 radical (unpaired) electrons. The molecule has 3 heterocycles. The molecule has 0 saturated heterocycles. The summed E-state index contributed by atoms with van der Waals surface area (Å²) < 4.78 is 1.36. The third-order valence-electron chi connectivity index (χ3n) is 4.29. The summed E-state index contributed by atoms with van der Waals surface area (Å²) >= 11 is 6.13. The summed E-state index contributed by atoms with van der Waals surface area (Å²) in [4.78, 5) is 32.7. The summed E-state index contributed by atoms with van der Waals surface area (Å²) in [5, 5.41) is 17.3. The standard InChI is InChI=1S/C17H15ClN6O3/c18-12-7-19-4-3-13(12)21-14-5-15(23(17(26)27)8-10-1-2-10)24-16(22-14)11(9-25)6-20-24/h3-7,9-10H,1-2,8H2,(H,26,27)(H,19,21,22). The van der Waals surface area contributed by atoms with E-state index < -0.39 is 6.09 Å². The van der Waals surface area contributed by atoms with Crippen molar-refractivity contribution in [3.63, 3.8) is 0 Å². The summed E-state index contributed by atoms with van der Waals surface area (Å²) in [5.74, 6) is 0.980. The number of aldehydes is 1. The van der Waals surface area contributed by atoms with Crippen LogP contribution in [0.5, 0.6) is 0 Å². The highest BCUT2D eigenvalue weighted by molar-refractivity contribution is 6.33. The number of carbonyl (C=O) groups excluding carboxylic acids is 1. The maximum Gasteiger partial charge on any atom is 0.413 e. The van der Waals surface area contributed by atoms with Gasteiger partial charge in [-0.1, -0.05) is 11.6 Å². The number of nitrogens with one attached hydrogen (secondary N) is 1. The van der Waals surface area contributed by atoms with E-state index in [2.05, 4.69) is 20.4 Å². The van der Waals surface area contributed by atoms with Gasteiger partial charge in [0.25, 0.3) is 0 Å². The van der Waals surface area contributed by atoms with E-state index >= 15 is 0 Å². The van der Waals surface area contributed by atoms with Gasteiger partial charge in [-0.2, -0.15) is 9.61 Å². The van der Waals surface area contributed by atoms with Gasteiger partial charge in [0.05, 0.1) is 22.5 Å². The Morgan fingerprint density at radius 3 is 2.93 bits per heavy atom. The van der Waals surface area contributed by atoms with Gasteiger partial charge in [-0.15, -0.1) is 0 Å². The number of fused-ring (bicyclic) bond motifs is 1. The van der Waals surface area contributed by atoms with Crippen LogP contribution in [-0.4, -0.2) is 43.6 Å². The predicted molar refractivity (Wildman–Crippen MR) is 99.0 cm³/mol. The highest BCUT2D eigenvalue weighted by Gasteiger charge is 2.29. The van der Waals surface area contributed by atoms with Crippen LogP contribution in [0.2, 0.25) is 5.02 Å². The minimum Gasteiger partial charge on any atom is -0.465 e. The minimum absolute atomic E-state index is 0.261. The molecule has 0 bridgehead atoms. The van der Waals surface area contributed by atoms with Crippen LogP contribution in [0.15, 0.2) is 30.7 Å². The topological polar surface area (TPSA) is 113 Å². The number of hydrogen-bond acceptors (Lipinski definition) is 6. The molecule has 0 spiro atoms. The van der Waals surface area contributed by atoms with E-state index in [0.717, 1.165) is 12.8 Å². The van der Waals surface area contributed by atoms with E-state index in [4.69, 9.17) is 11.6 Å². The molecule has 9 nitrogen and oxygen atoms in total. The molecule has 27 heavy (non-hydrogen) atoms. The molecular weight excluding hydrogens is 372 g/mol. The first kappa shape index (κ1) is 17.2. The molecule has 1 fully saturated rings. The van der Waals surface area contributed by atoms with Crippen LogP contribution in [0.4, 0.5) is 22.1 Å². The van der Waals surface area contributed by atoms with E-state index in [1.807, 2.05) is 0 Å². The second-order valence-corrected chi connectivity index (χ2v) is 6.68. The molecule has 1 saturated carbocycles. The summed E-state index contributed by atoms with van der Waals surface area (Å²) in [6, 6.07) is 3.24. The molecule has 2 N–H and O–H groups in total. The summed E-state index contributed by atoms with van der Waals surface area (Å²) in [7, 11) is 0. The lowest BCUT2D eigenvalue weighted by Gasteiger charge is -2.20. The van der Waals surface area contributed by atoms with Crippen LogP contribution in [-0.2, 0) is 0 Å². The molecule has 1 aliphatic carbocycles. The average Bonchev–Trinajstić information content (AvgIpc) is 3.38. The van der Waals surface area contributed by atoms with Crippen molar-refractivity contribution >= 4 is 47.0 Å². The second-order valence-electron chi connectivity index (χ2n) is 6.27. The van der Waals surface area contributed by atoms with E-state index in [1.165, 1.54) is 21.8 Å². The number of pyridine rings is 1. The van der Waals surface area contributed by atoms with Crippen molar-refractivity contribution in [2.75, 3.05) is 16.8 Å². The second kappa shape index (κ2) is 6.84. The first-order valence-corrected chi connectivity index (χ1v) is 8.65. The van der Waals surface area contributed by atoms with Crippen LogP contribution < -0.4 is 10.2 Å². The number of halogens is 1. The third-order valence-corrected chi connectivity index (χ3v) is 4.59. The van der Waals surface area contributed by atoms with Crippen LogP contribution >= 0.6 is 11.6 Å². The van der Waals surface area contributed by atoms with Crippen LogP contribution in [0.3, 0.4) is 0 Å². The fraction of sp³-hybridized carbons (Fsp3) is 0.235. The van der Waals surface area contributed by atoms with Gasteiger partial charge in [0.1, 0.15) is 11.6 Å². The molecule has 0 atom stereocenters. The zero-order valence-corrected chi connectivity index (χ0v) is 14.8. The number of amides is 1. The quantitative estimate of drug-likeness (QED) is 0.625. The van der Waals surface area contributed by atoms with E-state index in [9.17, 15) is 14.7 Å². The van der Waals surface area contributed by atoms with E-state index in [-0.39, 0.29) is 11.2 Å². The lowest BCUT2D eigenvalue weighted by molar-refractivity contribution is 0.112. The molecule has 0 aliphatic heterocycles. The van der Waals surface area contributed by atoms with Crippen molar-refractivity contribution in [3.8, 4) is 0 Å². The zero-order valence-electron chi connectivity index (χ0n) is 14.0. The first-order valence-electron chi connectivity index (χ1n) is 8.28. The molecular formula is C17H15ClN6O3. The Balaban J connectivity index is 1.83. The van der Waals surface area contributed by atoms with Gasteiger partial charge in [-0.3, -0.25) is 14.7 Å². The smallest absolute Gasteiger partial charge is 0.413 e. The van der Waals surface area contributed by atoms with Gasteiger partial charge in [0.2, 0.25) is 0 Å². The lowest BCUT2D eigenvalue weighted by Crippen LogP contribution is -2.33. The number of rotatable bonds is 6. The number of carbonyl (C=O) groups is 2. The first-order chi connectivity index (χ1) is 13.1. The minimum atomic E-state index is -1.09. The molecule has 3 aromatic heterocycles. The lowest BCUT2D eigenvalue weighted by atomic mass is 10.3. The van der Waals surface area contributed by atoms with Gasteiger partial charge in [0.15, 0.2) is 11.9 Å². The van der Waals surface area contributed by atoms with Crippen LogP contribution in [0.1, 0.15) is 23.2 Å². The Morgan fingerprint density at radius 1 is 1.44 bits per heavy atom. The Kier molecular flexibility index (Phi) is 4.36. The molecule has 10 heteroatoms. The Morgan fingerprint density at radius 2 is 2.26 bits per heavy atom. The molecule has 138 valence electrons. The fourth-order valence-electron chi connectivity index (χ4n) is 2.75. The van der Waals surface area contributed by atoms with Gasteiger partial charge in [0, 0.05) is 25.0 Å². The summed E-state index contributed by atoms with van der Waals surface area (Å²) in [6.45, 7) is 0.361. The van der Waals surface area contributed by atoms with Crippen molar-refractivity contribution in [1.29, 1.82) is 0 Å². The van der Waals surface area contributed by atoms with Crippen LogP contribution in [0, 0.1) is 5.92 Å². The highest BCUT2D eigenvalue weighted by Crippen LogP contribution is 2.33. The normalized spacial score (nSPS) is 13.5. The Hall–Kier alpha value is -3.20. The number of aromatic nitrogens is 4. The van der Waals surface area contributed by atoms with E-state index in [0.29, 0.717) is 41.1 Å². The largest absolute Gasteiger partial charge is 0.465 e. The number of nitrogens with zero attached hydrogens (tertiary/aromatic N) is 5. The molecule has 3 aromatic rings. The highest BCUT2D eigenvalue weighted by atomic mass is 35.5. The van der Waals surface area contributed by atoms with E-state index in [1.54, 1.807) is 18.3 Å². The third kappa shape index (κ3) is 3.41. The average molecular weight is 387 g/mol. The van der Waals surface area contributed by atoms with Crippen molar-refractivity contribution in [2.45, 2.75) is 12.8 Å². The van der Waals surface area contributed by atoms with Gasteiger partial charge in [-0.05, 0) is 24.8 Å².